The van der Waals surface area contributed by atoms with Crippen molar-refractivity contribution in [2.24, 2.45) is 0 Å². The normalized spacial score (nSPS) is 10.8. The number of carboxylic acid groups (broad SMARTS) is 1. The third-order valence-electron chi connectivity index (χ3n) is 3.07. The highest BCUT2D eigenvalue weighted by Crippen LogP contribution is 2.20. The predicted molar refractivity (Wildman–Crippen MR) is 72.8 cm³/mol. The lowest BCUT2D eigenvalue weighted by atomic mass is 10.2. The average Bonchev–Trinajstić information content (AvgIpc) is 2.81. The van der Waals surface area contributed by atoms with Gasteiger partial charge >= 0.3 is 5.97 Å². The molecule has 1 aromatic heterocycles. The lowest BCUT2D eigenvalue weighted by Gasteiger charge is -2.05. The Hall–Kier alpha value is -2.62. The predicted octanol–water partition coefficient (Wildman–Crippen LogP) is 3.03. The Balaban J connectivity index is 2.24. The van der Waals surface area contributed by atoms with E-state index in [1.165, 1.54) is 0 Å². The molecule has 0 aliphatic carbocycles. The average molecular weight is 252 g/mol. The van der Waals surface area contributed by atoms with E-state index in [9.17, 15) is 4.79 Å². The zero-order valence-corrected chi connectivity index (χ0v) is 10.4. The van der Waals surface area contributed by atoms with E-state index in [-0.39, 0.29) is 5.56 Å². The Labute approximate surface area is 109 Å². The Bertz CT molecular complexity index is 775. The van der Waals surface area contributed by atoms with Gasteiger partial charge in [-0.1, -0.05) is 12.1 Å². The number of fused-ring (bicyclic) bond motifs is 1. The molecule has 4 nitrogen and oxygen atoms in total. The first kappa shape index (κ1) is 11.5. The molecule has 0 bridgehead atoms. The van der Waals surface area contributed by atoms with Crippen molar-refractivity contribution in [2.45, 2.75) is 6.92 Å². The van der Waals surface area contributed by atoms with Gasteiger partial charge in [0, 0.05) is 5.69 Å². The van der Waals surface area contributed by atoms with Crippen molar-refractivity contribution in [3.05, 3.63) is 59.9 Å². The second kappa shape index (κ2) is 4.24. The van der Waals surface area contributed by atoms with Crippen LogP contribution in [0.15, 0.2) is 48.8 Å². The van der Waals surface area contributed by atoms with Crippen molar-refractivity contribution in [3.63, 3.8) is 0 Å². The van der Waals surface area contributed by atoms with Crippen molar-refractivity contribution in [2.75, 3.05) is 0 Å². The summed E-state index contributed by atoms with van der Waals surface area (Å²) in [7, 11) is 0. The number of hydrogen-bond donors (Lipinski definition) is 1. The fourth-order valence-corrected chi connectivity index (χ4v) is 2.12. The molecule has 0 saturated carbocycles. The summed E-state index contributed by atoms with van der Waals surface area (Å²) in [6.45, 7) is 2.02. The number of aryl methyl sites for hydroxylation is 1. The third kappa shape index (κ3) is 1.97. The SMILES string of the molecule is Cc1cccc(-n2cnc3ccc(C(=O)O)cc32)c1. The summed E-state index contributed by atoms with van der Waals surface area (Å²) in [4.78, 5) is 15.3. The maximum absolute atomic E-state index is 11.0. The van der Waals surface area contributed by atoms with Crippen LogP contribution >= 0.6 is 0 Å². The molecular weight excluding hydrogens is 240 g/mol. The minimum absolute atomic E-state index is 0.266. The van der Waals surface area contributed by atoms with E-state index in [1.807, 2.05) is 35.8 Å². The van der Waals surface area contributed by atoms with E-state index < -0.39 is 5.97 Å². The van der Waals surface area contributed by atoms with E-state index in [2.05, 4.69) is 4.98 Å². The Kier molecular flexibility index (Phi) is 2.56. The van der Waals surface area contributed by atoms with Crippen molar-refractivity contribution in [1.29, 1.82) is 0 Å². The number of benzene rings is 2. The van der Waals surface area contributed by atoms with Gasteiger partial charge < -0.3 is 5.11 Å². The Morgan fingerprint density at radius 1 is 1.21 bits per heavy atom. The van der Waals surface area contributed by atoms with E-state index in [0.29, 0.717) is 0 Å². The molecule has 1 heterocycles. The van der Waals surface area contributed by atoms with Crippen LogP contribution in [0.3, 0.4) is 0 Å². The molecule has 0 amide bonds. The molecule has 19 heavy (non-hydrogen) atoms. The smallest absolute Gasteiger partial charge is 0.335 e. The van der Waals surface area contributed by atoms with Crippen molar-refractivity contribution >= 4 is 17.0 Å². The molecule has 3 rings (SSSR count). The monoisotopic (exact) mass is 252 g/mol. The first-order valence-electron chi connectivity index (χ1n) is 5.92. The largest absolute Gasteiger partial charge is 0.478 e. The number of imidazole rings is 1. The van der Waals surface area contributed by atoms with Gasteiger partial charge in [-0.25, -0.2) is 9.78 Å². The van der Waals surface area contributed by atoms with Gasteiger partial charge in [0.05, 0.1) is 16.6 Å². The molecule has 0 aliphatic rings. The van der Waals surface area contributed by atoms with E-state index >= 15 is 0 Å². The highest BCUT2D eigenvalue weighted by atomic mass is 16.4. The molecule has 3 aromatic rings. The number of nitrogens with zero attached hydrogens (tertiary/aromatic N) is 2. The highest BCUT2D eigenvalue weighted by Gasteiger charge is 2.09. The third-order valence-corrected chi connectivity index (χ3v) is 3.07. The Morgan fingerprint density at radius 2 is 2.05 bits per heavy atom. The van der Waals surface area contributed by atoms with Crippen LogP contribution < -0.4 is 0 Å². The molecule has 0 fully saturated rings. The van der Waals surface area contributed by atoms with Crippen LogP contribution in [-0.2, 0) is 0 Å². The fourth-order valence-electron chi connectivity index (χ4n) is 2.12. The van der Waals surface area contributed by atoms with Crippen LogP contribution in [0.1, 0.15) is 15.9 Å². The maximum atomic E-state index is 11.0. The van der Waals surface area contributed by atoms with Crippen molar-refractivity contribution in [1.82, 2.24) is 9.55 Å². The van der Waals surface area contributed by atoms with Crippen LogP contribution in [0, 0.1) is 6.92 Å². The maximum Gasteiger partial charge on any atom is 0.335 e. The number of hydrogen-bond acceptors (Lipinski definition) is 2. The molecular formula is C15H12N2O2. The summed E-state index contributed by atoms with van der Waals surface area (Å²) in [5.41, 5.74) is 3.97. The fraction of sp³-hybridized carbons (Fsp3) is 0.0667. The van der Waals surface area contributed by atoms with Crippen LogP contribution in [0.25, 0.3) is 16.7 Å². The summed E-state index contributed by atoms with van der Waals surface area (Å²) in [5, 5.41) is 9.06. The molecule has 4 heteroatoms. The summed E-state index contributed by atoms with van der Waals surface area (Å²) < 4.78 is 1.90. The molecule has 2 aromatic carbocycles. The number of aromatic nitrogens is 2. The van der Waals surface area contributed by atoms with Gasteiger partial charge in [-0.3, -0.25) is 4.57 Å². The zero-order chi connectivity index (χ0) is 13.4. The van der Waals surface area contributed by atoms with Crippen LogP contribution in [0.5, 0.6) is 0 Å². The second-order valence-electron chi connectivity index (χ2n) is 4.46. The van der Waals surface area contributed by atoms with E-state index in [1.54, 1.807) is 24.5 Å². The molecule has 0 saturated heterocycles. The number of carbonyl (C=O) groups is 1. The molecule has 0 atom stereocenters. The van der Waals surface area contributed by atoms with Gasteiger partial charge in [-0.05, 0) is 42.8 Å². The molecule has 0 unspecified atom stereocenters. The van der Waals surface area contributed by atoms with Gasteiger partial charge in [0.25, 0.3) is 0 Å². The topological polar surface area (TPSA) is 55.1 Å². The molecule has 0 radical (unpaired) electrons. The summed E-state index contributed by atoms with van der Waals surface area (Å²) in [6.07, 6.45) is 1.71. The first-order chi connectivity index (χ1) is 9.15. The van der Waals surface area contributed by atoms with E-state index in [0.717, 1.165) is 22.3 Å². The van der Waals surface area contributed by atoms with Crippen LogP contribution in [0.4, 0.5) is 0 Å². The quantitative estimate of drug-likeness (QED) is 0.762. The highest BCUT2D eigenvalue weighted by molar-refractivity contribution is 5.92. The van der Waals surface area contributed by atoms with Gasteiger partial charge in [0.15, 0.2) is 0 Å². The summed E-state index contributed by atoms with van der Waals surface area (Å²) >= 11 is 0. The molecule has 1 N–H and O–H groups in total. The summed E-state index contributed by atoms with van der Waals surface area (Å²) in [6, 6.07) is 12.9. The van der Waals surface area contributed by atoms with Gasteiger partial charge in [-0.2, -0.15) is 0 Å². The van der Waals surface area contributed by atoms with Crippen molar-refractivity contribution in [3.8, 4) is 5.69 Å². The summed E-state index contributed by atoms with van der Waals surface area (Å²) in [5.74, 6) is -0.932. The van der Waals surface area contributed by atoms with Gasteiger partial charge in [0.2, 0.25) is 0 Å². The van der Waals surface area contributed by atoms with Gasteiger partial charge in [-0.15, -0.1) is 0 Å². The van der Waals surface area contributed by atoms with Crippen molar-refractivity contribution < 1.29 is 9.90 Å². The second-order valence-corrected chi connectivity index (χ2v) is 4.46. The molecule has 94 valence electrons. The first-order valence-corrected chi connectivity index (χ1v) is 5.92. The van der Waals surface area contributed by atoms with Crippen LogP contribution in [0.2, 0.25) is 0 Å². The molecule has 0 aliphatic heterocycles. The Morgan fingerprint density at radius 3 is 2.79 bits per heavy atom. The van der Waals surface area contributed by atoms with E-state index in [4.69, 9.17) is 5.11 Å². The standard InChI is InChI=1S/C15H12N2O2/c1-10-3-2-4-12(7-10)17-9-16-13-6-5-11(15(18)19)8-14(13)17/h2-9H,1H3,(H,18,19). The number of rotatable bonds is 2. The minimum atomic E-state index is -0.932. The zero-order valence-electron chi connectivity index (χ0n) is 10.4. The minimum Gasteiger partial charge on any atom is -0.478 e. The lowest BCUT2D eigenvalue weighted by Crippen LogP contribution is -1.97. The van der Waals surface area contributed by atoms with Crippen LogP contribution in [-0.4, -0.2) is 20.6 Å². The lowest BCUT2D eigenvalue weighted by molar-refractivity contribution is 0.0697. The number of carboxylic acids is 1. The van der Waals surface area contributed by atoms with Gasteiger partial charge in [0.1, 0.15) is 6.33 Å². The number of aromatic carboxylic acids is 1. The molecule has 0 spiro atoms.